The molecule has 2 N–H and O–H groups in total. The molecule has 0 spiro atoms. The second-order valence-electron chi connectivity index (χ2n) is 6.71. The highest BCUT2D eigenvalue weighted by Gasteiger charge is 2.16. The molecule has 0 aromatic heterocycles. The van der Waals surface area contributed by atoms with Crippen LogP contribution in [0, 0.1) is 10.1 Å². The van der Waals surface area contributed by atoms with Gasteiger partial charge in [-0.05, 0) is 54.4 Å². The van der Waals surface area contributed by atoms with Gasteiger partial charge in [-0.2, -0.15) is 5.10 Å². The first-order valence-corrected chi connectivity index (χ1v) is 10.2. The fourth-order valence-electron chi connectivity index (χ4n) is 2.78. The summed E-state index contributed by atoms with van der Waals surface area (Å²) in [6.45, 7) is 2.59. The zero-order valence-corrected chi connectivity index (χ0v) is 18.3. The van der Waals surface area contributed by atoms with E-state index in [0.29, 0.717) is 35.3 Å². The van der Waals surface area contributed by atoms with E-state index in [9.17, 15) is 20.0 Å². The first-order valence-electron chi connectivity index (χ1n) is 9.82. The molecule has 1 amide bonds. The monoisotopic (exact) mass is 469 g/mol. The molecule has 0 bridgehead atoms. The van der Waals surface area contributed by atoms with Crippen molar-refractivity contribution in [3.63, 3.8) is 0 Å². The molecule has 9 nitrogen and oxygen atoms in total. The number of phenols is 1. The van der Waals surface area contributed by atoms with Gasteiger partial charge in [-0.3, -0.25) is 14.9 Å². The number of amides is 1. The molecule has 0 atom stereocenters. The molecule has 170 valence electrons. The lowest BCUT2D eigenvalue weighted by Crippen LogP contribution is -2.18. The number of nitrogens with one attached hydrogen (secondary N) is 1. The molecule has 0 unspecified atom stereocenters. The van der Waals surface area contributed by atoms with Crippen LogP contribution < -0.4 is 14.9 Å². The minimum absolute atomic E-state index is 0.262. The van der Waals surface area contributed by atoms with Gasteiger partial charge in [-0.1, -0.05) is 23.7 Å². The Balaban J connectivity index is 1.68. The standard InChI is InChI=1S/C23H20ClN3O6/c1-2-32-22-11-16(5-10-21(22)33-14-15-3-6-17(24)7-4-15)13-25-26-23(29)19-12-18(27(30)31)8-9-20(19)28/h3-13,28H,2,14H2,1H3,(H,26,29)/b25-13-. The molecule has 10 heteroatoms. The number of ether oxygens (including phenoxy) is 2. The van der Waals surface area contributed by atoms with Gasteiger partial charge in [-0.15, -0.1) is 0 Å². The van der Waals surface area contributed by atoms with E-state index >= 15 is 0 Å². The van der Waals surface area contributed by atoms with E-state index in [1.165, 1.54) is 6.21 Å². The van der Waals surface area contributed by atoms with Crippen LogP contribution in [0.1, 0.15) is 28.4 Å². The minimum Gasteiger partial charge on any atom is -0.507 e. The summed E-state index contributed by atoms with van der Waals surface area (Å²) in [5.41, 5.74) is 3.21. The zero-order valence-electron chi connectivity index (χ0n) is 17.5. The van der Waals surface area contributed by atoms with Crippen LogP contribution in [0.3, 0.4) is 0 Å². The van der Waals surface area contributed by atoms with Crippen molar-refractivity contribution in [1.82, 2.24) is 5.43 Å². The number of hydrogen-bond acceptors (Lipinski definition) is 7. The summed E-state index contributed by atoms with van der Waals surface area (Å²) in [4.78, 5) is 22.4. The molecule has 3 aromatic rings. The van der Waals surface area contributed by atoms with Gasteiger partial charge < -0.3 is 14.6 Å². The number of carbonyl (C=O) groups is 1. The molecule has 0 fully saturated rings. The van der Waals surface area contributed by atoms with Gasteiger partial charge in [-0.25, -0.2) is 5.43 Å². The summed E-state index contributed by atoms with van der Waals surface area (Å²) in [5.74, 6) is -0.151. The number of rotatable bonds is 9. The second kappa shape index (κ2) is 11.0. The normalized spacial score (nSPS) is 10.7. The second-order valence-corrected chi connectivity index (χ2v) is 7.15. The van der Waals surface area contributed by atoms with Crippen molar-refractivity contribution in [3.8, 4) is 17.2 Å². The number of aromatic hydroxyl groups is 1. The Morgan fingerprint density at radius 1 is 1.12 bits per heavy atom. The summed E-state index contributed by atoms with van der Waals surface area (Å²) in [6.07, 6.45) is 1.37. The third-order valence-corrected chi connectivity index (χ3v) is 4.64. The molecule has 3 rings (SSSR count). The van der Waals surface area contributed by atoms with E-state index in [-0.39, 0.29) is 11.3 Å². The molecule has 0 heterocycles. The van der Waals surface area contributed by atoms with E-state index in [0.717, 1.165) is 23.8 Å². The van der Waals surface area contributed by atoms with E-state index in [1.807, 2.05) is 19.1 Å². The average Bonchev–Trinajstić information content (AvgIpc) is 2.80. The van der Waals surface area contributed by atoms with Gasteiger partial charge >= 0.3 is 0 Å². The largest absolute Gasteiger partial charge is 0.507 e. The molecule has 0 aliphatic rings. The highest BCUT2D eigenvalue weighted by molar-refractivity contribution is 6.30. The van der Waals surface area contributed by atoms with Crippen molar-refractivity contribution in [2.24, 2.45) is 5.10 Å². The third kappa shape index (κ3) is 6.44. The number of nitrogens with zero attached hydrogens (tertiary/aromatic N) is 2. The lowest BCUT2D eigenvalue weighted by atomic mass is 10.1. The van der Waals surface area contributed by atoms with Crippen LogP contribution in [-0.2, 0) is 6.61 Å². The van der Waals surface area contributed by atoms with Crippen molar-refractivity contribution in [2.45, 2.75) is 13.5 Å². The van der Waals surface area contributed by atoms with Gasteiger partial charge in [0.25, 0.3) is 11.6 Å². The van der Waals surface area contributed by atoms with Crippen LogP contribution in [-0.4, -0.2) is 28.8 Å². The van der Waals surface area contributed by atoms with Gasteiger partial charge in [0.1, 0.15) is 12.4 Å². The number of nitro groups is 1. The number of phenolic OH excluding ortho intramolecular Hbond substituents is 1. The molecule has 0 radical (unpaired) electrons. The summed E-state index contributed by atoms with van der Waals surface area (Å²) >= 11 is 5.90. The maximum absolute atomic E-state index is 12.2. The zero-order chi connectivity index (χ0) is 23.8. The predicted octanol–water partition coefficient (Wildman–Crippen LogP) is 4.70. The fourth-order valence-corrected chi connectivity index (χ4v) is 2.91. The highest BCUT2D eigenvalue weighted by Crippen LogP contribution is 2.29. The average molecular weight is 470 g/mol. The SMILES string of the molecule is CCOc1cc(/C=N\NC(=O)c2cc([N+](=O)[O-])ccc2O)ccc1OCc1ccc(Cl)cc1. The smallest absolute Gasteiger partial charge is 0.275 e. The molecule has 33 heavy (non-hydrogen) atoms. The highest BCUT2D eigenvalue weighted by atomic mass is 35.5. The van der Waals surface area contributed by atoms with Crippen molar-refractivity contribution in [3.05, 3.63) is 92.5 Å². The van der Waals surface area contributed by atoms with Crippen LogP contribution in [0.5, 0.6) is 17.2 Å². The van der Waals surface area contributed by atoms with Gasteiger partial charge in [0.05, 0.1) is 23.3 Å². The Bertz CT molecular complexity index is 1180. The maximum atomic E-state index is 12.2. The number of hydrogen-bond donors (Lipinski definition) is 2. The lowest BCUT2D eigenvalue weighted by Gasteiger charge is -2.12. The van der Waals surface area contributed by atoms with Gasteiger partial charge in [0.2, 0.25) is 0 Å². The fraction of sp³-hybridized carbons (Fsp3) is 0.130. The van der Waals surface area contributed by atoms with Crippen molar-refractivity contribution < 1.29 is 24.3 Å². The summed E-state index contributed by atoms with van der Waals surface area (Å²) < 4.78 is 11.5. The molecule has 0 saturated heterocycles. The Morgan fingerprint density at radius 3 is 2.58 bits per heavy atom. The Labute approximate surface area is 194 Å². The number of benzene rings is 3. The van der Waals surface area contributed by atoms with Gasteiger partial charge in [0.15, 0.2) is 11.5 Å². The Morgan fingerprint density at radius 2 is 1.88 bits per heavy atom. The first kappa shape index (κ1) is 23.6. The summed E-state index contributed by atoms with van der Waals surface area (Å²) in [6, 6.07) is 15.6. The third-order valence-electron chi connectivity index (χ3n) is 4.39. The number of non-ortho nitro benzene ring substituents is 1. The van der Waals surface area contributed by atoms with Crippen LogP contribution in [0.2, 0.25) is 5.02 Å². The van der Waals surface area contributed by atoms with Crippen molar-refractivity contribution >= 4 is 29.4 Å². The van der Waals surface area contributed by atoms with Crippen LogP contribution in [0.15, 0.2) is 65.8 Å². The van der Waals surface area contributed by atoms with Crippen molar-refractivity contribution in [1.29, 1.82) is 0 Å². The number of halogens is 1. The minimum atomic E-state index is -0.791. The van der Waals surface area contributed by atoms with E-state index in [1.54, 1.807) is 30.3 Å². The van der Waals surface area contributed by atoms with Crippen LogP contribution in [0.25, 0.3) is 0 Å². The summed E-state index contributed by atoms with van der Waals surface area (Å²) in [5, 5.41) is 25.2. The first-order chi connectivity index (χ1) is 15.9. The van der Waals surface area contributed by atoms with Crippen LogP contribution >= 0.6 is 11.6 Å². The molecular formula is C23H20ClN3O6. The topological polar surface area (TPSA) is 123 Å². The number of carbonyl (C=O) groups excluding carboxylic acids is 1. The molecule has 3 aromatic carbocycles. The molecule has 0 aliphatic heterocycles. The molecule has 0 saturated carbocycles. The Hall–Kier alpha value is -4.11. The lowest BCUT2D eigenvalue weighted by molar-refractivity contribution is -0.384. The van der Waals surface area contributed by atoms with Crippen LogP contribution in [0.4, 0.5) is 5.69 Å². The summed E-state index contributed by atoms with van der Waals surface area (Å²) in [7, 11) is 0. The quantitative estimate of drug-likeness (QED) is 0.266. The molecule has 0 aliphatic carbocycles. The van der Waals surface area contributed by atoms with E-state index in [4.69, 9.17) is 21.1 Å². The van der Waals surface area contributed by atoms with Gasteiger partial charge in [0, 0.05) is 17.2 Å². The number of nitro benzene ring substituents is 1. The maximum Gasteiger partial charge on any atom is 0.275 e. The van der Waals surface area contributed by atoms with Crippen molar-refractivity contribution in [2.75, 3.05) is 6.61 Å². The molecular weight excluding hydrogens is 450 g/mol. The van der Waals surface area contributed by atoms with E-state index in [2.05, 4.69) is 10.5 Å². The number of hydrazone groups is 1. The predicted molar refractivity (Wildman–Crippen MR) is 123 cm³/mol. The van der Waals surface area contributed by atoms with E-state index < -0.39 is 16.6 Å². The Kier molecular flexibility index (Phi) is 7.82.